The Morgan fingerprint density at radius 1 is 1.29 bits per heavy atom. The maximum Gasteiger partial charge on any atom is 0.0888 e. The third-order valence-electron chi connectivity index (χ3n) is 5.22. The molecule has 0 radical (unpaired) electrons. The molecule has 116 valence electrons. The Morgan fingerprint density at radius 2 is 2.10 bits per heavy atom. The number of rotatable bonds is 5. The van der Waals surface area contributed by atoms with Crippen molar-refractivity contribution in [1.29, 1.82) is 0 Å². The van der Waals surface area contributed by atoms with Gasteiger partial charge < -0.3 is 9.84 Å². The Labute approximate surface area is 127 Å². The Bertz CT molecular complexity index is 456. The first-order valence-corrected chi connectivity index (χ1v) is 8.54. The molecule has 3 rings (SSSR count). The number of aliphatic hydroxyl groups excluding tert-OH is 1. The van der Waals surface area contributed by atoms with Gasteiger partial charge in [0.05, 0.1) is 12.2 Å². The van der Waals surface area contributed by atoms with Crippen molar-refractivity contribution in [2.75, 3.05) is 6.61 Å². The Hall–Kier alpha value is -0.930. The first kappa shape index (κ1) is 15.0. The van der Waals surface area contributed by atoms with E-state index < -0.39 is 6.10 Å². The average molecular weight is 289 g/mol. The van der Waals surface area contributed by atoms with E-state index in [2.05, 4.69) is 11.1 Å². The van der Waals surface area contributed by atoms with E-state index >= 15 is 0 Å². The first-order chi connectivity index (χ1) is 10.3. The molecule has 1 fully saturated rings. The highest BCUT2D eigenvalue weighted by Gasteiger charge is 2.38. The minimum Gasteiger partial charge on any atom is -0.390 e. The van der Waals surface area contributed by atoms with Gasteiger partial charge in [0.15, 0.2) is 0 Å². The van der Waals surface area contributed by atoms with Crippen LogP contribution in [0.15, 0.2) is 18.3 Å². The van der Waals surface area contributed by atoms with Gasteiger partial charge in [0.2, 0.25) is 0 Å². The highest BCUT2D eigenvalue weighted by Crippen LogP contribution is 2.39. The van der Waals surface area contributed by atoms with Crippen LogP contribution in [0.5, 0.6) is 0 Å². The quantitative estimate of drug-likeness (QED) is 0.902. The van der Waals surface area contributed by atoms with Crippen LogP contribution in [0, 0.1) is 5.92 Å². The minimum absolute atomic E-state index is 0.0201. The predicted molar refractivity (Wildman–Crippen MR) is 83.3 cm³/mol. The maximum atomic E-state index is 11.0. The average Bonchev–Trinajstić information content (AvgIpc) is 2.97. The predicted octanol–water partition coefficient (Wildman–Crippen LogP) is 3.46. The highest BCUT2D eigenvalue weighted by atomic mass is 16.5. The monoisotopic (exact) mass is 289 g/mol. The summed E-state index contributed by atoms with van der Waals surface area (Å²) in [5.41, 5.74) is 2.41. The van der Waals surface area contributed by atoms with Crippen LogP contribution >= 0.6 is 0 Å². The van der Waals surface area contributed by atoms with Gasteiger partial charge in [-0.3, -0.25) is 4.98 Å². The van der Waals surface area contributed by atoms with Crippen LogP contribution in [0.25, 0.3) is 0 Å². The van der Waals surface area contributed by atoms with E-state index in [1.54, 1.807) is 0 Å². The third kappa shape index (κ3) is 3.14. The van der Waals surface area contributed by atoms with Gasteiger partial charge >= 0.3 is 0 Å². The lowest BCUT2D eigenvalue weighted by Crippen LogP contribution is -2.40. The summed E-state index contributed by atoms with van der Waals surface area (Å²) in [5, 5.41) is 11.0. The van der Waals surface area contributed by atoms with Crippen LogP contribution < -0.4 is 0 Å². The lowest BCUT2D eigenvalue weighted by atomic mass is 9.80. The smallest absolute Gasteiger partial charge is 0.0888 e. The number of hydrogen-bond donors (Lipinski definition) is 1. The largest absolute Gasteiger partial charge is 0.390 e. The van der Waals surface area contributed by atoms with Crippen molar-refractivity contribution in [3.8, 4) is 0 Å². The minimum atomic E-state index is -0.413. The molecule has 1 N–H and O–H groups in total. The summed E-state index contributed by atoms with van der Waals surface area (Å²) in [4.78, 5) is 4.53. The van der Waals surface area contributed by atoms with Gasteiger partial charge in [-0.15, -0.1) is 0 Å². The molecule has 0 spiro atoms. The molecule has 1 heterocycles. The zero-order valence-corrected chi connectivity index (χ0v) is 13.0. The fourth-order valence-corrected chi connectivity index (χ4v) is 4.17. The van der Waals surface area contributed by atoms with Gasteiger partial charge in [0.1, 0.15) is 0 Å². The molecule has 1 saturated carbocycles. The first-order valence-electron chi connectivity index (χ1n) is 8.54. The van der Waals surface area contributed by atoms with E-state index in [4.69, 9.17) is 4.74 Å². The number of hydrogen-bond acceptors (Lipinski definition) is 3. The van der Waals surface area contributed by atoms with E-state index in [0.29, 0.717) is 12.5 Å². The standard InChI is InChI=1S/C18H27NO2/c1-2-21-18(14-7-4-3-5-8-14)17(20)15-11-10-13-9-6-12-19-16(13)15/h6,9,12,14-15,17-18,20H,2-5,7-8,10-11H2,1H3. The molecule has 0 aromatic carbocycles. The van der Waals surface area contributed by atoms with E-state index in [0.717, 1.165) is 18.5 Å². The zero-order valence-electron chi connectivity index (χ0n) is 13.0. The van der Waals surface area contributed by atoms with Crippen molar-refractivity contribution in [3.05, 3.63) is 29.6 Å². The molecule has 0 saturated heterocycles. The number of fused-ring (bicyclic) bond motifs is 1. The molecular weight excluding hydrogens is 262 g/mol. The van der Waals surface area contributed by atoms with Crippen molar-refractivity contribution in [3.63, 3.8) is 0 Å². The van der Waals surface area contributed by atoms with Crippen molar-refractivity contribution in [2.24, 2.45) is 5.92 Å². The Morgan fingerprint density at radius 3 is 2.86 bits per heavy atom. The van der Waals surface area contributed by atoms with Crippen LogP contribution in [0.2, 0.25) is 0 Å². The van der Waals surface area contributed by atoms with Gasteiger partial charge in [-0.2, -0.15) is 0 Å². The summed E-state index contributed by atoms with van der Waals surface area (Å²) in [6, 6.07) is 4.14. The summed E-state index contributed by atoms with van der Waals surface area (Å²) in [6.07, 6.45) is 9.74. The number of aromatic nitrogens is 1. The van der Waals surface area contributed by atoms with Gasteiger partial charge in [0.25, 0.3) is 0 Å². The Balaban J connectivity index is 1.76. The second kappa shape index (κ2) is 6.89. The van der Waals surface area contributed by atoms with Gasteiger partial charge in [-0.05, 0) is 50.2 Å². The molecule has 3 atom stereocenters. The number of aryl methyl sites for hydroxylation is 1. The Kier molecular flexibility index (Phi) is 4.91. The molecular formula is C18H27NO2. The van der Waals surface area contributed by atoms with Crippen molar-refractivity contribution < 1.29 is 9.84 Å². The molecule has 1 aromatic heterocycles. The fraction of sp³-hybridized carbons (Fsp3) is 0.722. The molecule has 1 aromatic rings. The normalized spacial score (nSPS) is 25.5. The molecule has 0 amide bonds. The maximum absolute atomic E-state index is 11.0. The molecule has 21 heavy (non-hydrogen) atoms. The van der Waals surface area contributed by atoms with Crippen LogP contribution in [-0.4, -0.2) is 28.9 Å². The molecule has 2 aliphatic rings. The molecule has 2 aliphatic carbocycles. The molecule has 0 bridgehead atoms. The summed E-state index contributed by atoms with van der Waals surface area (Å²) in [5.74, 6) is 0.668. The van der Waals surface area contributed by atoms with Crippen LogP contribution in [0.4, 0.5) is 0 Å². The van der Waals surface area contributed by atoms with Crippen LogP contribution in [-0.2, 0) is 11.2 Å². The van der Waals surface area contributed by atoms with Crippen LogP contribution in [0.1, 0.15) is 62.6 Å². The van der Waals surface area contributed by atoms with E-state index in [1.807, 2.05) is 19.2 Å². The summed E-state index contributed by atoms with van der Waals surface area (Å²) in [6.45, 7) is 2.71. The summed E-state index contributed by atoms with van der Waals surface area (Å²) < 4.78 is 5.99. The van der Waals surface area contributed by atoms with Crippen molar-refractivity contribution in [1.82, 2.24) is 4.98 Å². The molecule has 3 nitrogen and oxygen atoms in total. The third-order valence-corrected chi connectivity index (χ3v) is 5.22. The topological polar surface area (TPSA) is 42.4 Å². The number of nitrogens with zero attached hydrogens (tertiary/aromatic N) is 1. The van der Waals surface area contributed by atoms with Crippen molar-refractivity contribution >= 4 is 0 Å². The number of aliphatic hydroxyl groups is 1. The lowest BCUT2D eigenvalue weighted by Gasteiger charge is -2.35. The van der Waals surface area contributed by atoms with E-state index in [1.165, 1.54) is 37.7 Å². The highest BCUT2D eigenvalue weighted by molar-refractivity contribution is 5.29. The summed E-state index contributed by atoms with van der Waals surface area (Å²) >= 11 is 0. The van der Waals surface area contributed by atoms with E-state index in [9.17, 15) is 5.11 Å². The van der Waals surface area contributed by atoms with Gasteiger partial charge in [-0.25, -0.2) is 0 Å². The molecule has 3 heteroatoms. The lowest BCUT2D eigenvalue weighted by molar-refractivity contribution is -0.0817. The SMILES string of the molecule is CCOC(C1CCCCC1)C(O)C1CCc2cccnc21. The van der Waals surface area contributed by atoms with Crippen LogP contribution in [0.3, 0.4) is 0 Å². The molecule has 3 unspecified atom stereocenters. The second-order valence-electron chi connectivity index (χ2n) is 6.50. The fourth-order valence-electron chi connectivity index (χ4n) is 4.17. The second-order valence-corrected chi connectivity index (χ2v) is 6.50. The van der Waals surface area contributed by atoms with Gasteiger partial charge in [-0.1, -0.05) is 25.3 Å². The molecule has 0 aliphatic heterocycles. The zero-order chi connectivity index (χ0) is 14.7. The number of pyridine rings is 1. The van der Waals surface area contributed by atoms with E-state index in [-0.39, 0.29) is 12.0 Å². The summed E-state index contributed by atoms with van der Waals surface area (Å²) in [7, 11) is 0. The van der Waals surface area contributed by atoms with Gasteiger partial charge in [0, 0.05) is 24.4 Å². The number of ether oxygens (including phenoxy) is 1. The van der Waals surface area contributed by atoms with Crippen molar-refractivity contribution in [2.45, 2.75) is 70.0 Å².